The van der Waals surface area contributed by atoms with Crippen LogP contribution < -0.4 is 0 Å². The average molecular weight is 388 g/mol. The zero-order valence-electron chi connectivity index (χ0n) is 15.0. The number of carbonyl (C=O) groups excluding carboxylic acids is 1. The summed E-state index contributed by atoms with van der Waals surface area (Å²) >= 11 is 0. The van der Waals surface area contributed by atoms with Gasteiger partial charge in [0.1, 0.15) is 30.2 Å². The number of Topliss-reactive ketones (excluding diaryl/α,β-unsaturated/α-hetero) is 1. The largest absolute Gasteiger partial charge is 0.481 e. The summed E-state index contributed by atoms with van der Waals surface area (Å²) < 4.78 is 10.6. The molecule has 7 atom stereocenters. The van der Waals surface area contributed by atoms with Gasteiger partial charge in [-0.3, -0.25) is 9.59 Å². The van der Waals surface area contributed by atoms with Gasteiger partial charge in [0.25, 0.3) is 0 Å². The molecule has 1 saturated heterocycles. The fraction of sp³-hybridized carbons (Fsp3) is 0.778. The van der Waals surface area contributed by atoms with Gasteiger partial charge in [0.15, 0.2) is 6.29 Å². The Balaban J connectivity index is 1.73. The Labute approximate surface area is 157 Å². The Morgan fingerprint density at radius 1 is 1.19 bits per heavy atom. The molecule has 0 bridgehead atoms. The Morgan fingerprint density at radius 3 is 2.59 bits per heavy atom. The minimum atomic E-state index is -1.48. The van der Waals surface area contributed by atoms with E-state index in [0.717, 1.165) is 0 Å². The molecule has 2 aliphatic rings. The molecule has 154 valence electrons. The Morgan fingerprint density at radius 2 is 1.93 bits per heavy atom. The highest BCUT2D eigenvalue weighted by molar-refractivity contribution is 5.84. The zero-order chi connectivity index (χ0) is 20.0. The maximum atomic E-state index is 11.9. The smallest absolute Gasteiger partial charge is 0.303 e. The molecule has 1 saturated carbocycles. The molecule has 0 amide bonds. The highest BCUT2D eigenvalue weighted by atomic mass is 16.7. The van der Waals surface area contributed by atoms with Crippen LogP contribution in [-0.2, 0) is 19.1 Å². The van der Waals surface area contributed by atoms with E-state index in [0.29, 0.717) is 25.7 Å². The monoisotopic (exact) mass is 388 g/mol. The van der Waals surface area contributed by atoms with E-state index in [1.165, 1.54) is 0 Å². The molecule has 0 aromatic rings. The van der Waals surface area contributed by atoms with Crippen molar-refractivity contribution in [3.8, 4) is 0 Å². The first kappa shape index (κ1) is 21.9. The fourth-order valence-corrected chi connectivity index (χ4v) is 3.59. The van der Waals surface area contributed by atoms with E-state index in [1.807, 2.05) is 6.08 Å². The highest BCUT2D eigenvalue weighted by Gasteiger charge is 2.43. The van der Waals surface area contributed by atoms with Crippen molar-refractivity contribution in [1.82, 2.24) is 0 Å². The zero-order valence-corrected chi connectivity index (χ0v) is 15.0. The number of aliphatic carboxylic acids is 1. The van der Waals surface area contributed by atoms with Crippen LogP contribution in [0.2, 0.25) is 0 Å². The van der Waals surface area contributed by atoms with Gasteiger partial charge in [-0.05, 0) is 25.2 Å². The van der Waals surface area contributed by atoms with Gasteiger partial charge in [-0.25, -0.2) is 0 Å². The SMILES string of the molecule is O=C(O)C[C@H]1CCC(=O)[C@@H]1C/C=C\CCO[C@@H]1O[C@H](CO)[C@@H](O)[C@H](O)[C@H]1O. The summed E-state index contributed by atoms with van der Waals surface area (Å²) in [4.78, 5) is 22.7. The maximum Gasteiger partial charge on any atom is 0.303 e. The second-order valence-electron chi connectivity index (χ2n) is 7.03. The predicted octanol–water partition coefficient (Wildman–Crippen LogP) is -0.791. The molecule has 0 aromatic carbocycles. The number of carboxylic acid groups (broad SMARTS) is 1. The van der Waals surface area contributed by atoms with Crippen LogP contribution in [-0.4, -0.2) is 81.2 Å². The summed E-state index contributed by atoms with van der Waals surface area (Å²) in [7, 11) is 0. The van der Waals surface area contributed by atoms with Crippen molar-refractivity contribution in [2.24, 2.45) is 11.8 Å². The van der Waals surface area contributed by atoms with E-state index in [-0.39, 0.29) is 30.6 Å². The van der Waals surface area contributed by atoms with Gasteiger partial charge >= 0.3 is 5.97 Å². The lowest BCUT2D eigenvalue weighted by molar-refractivity contribution is -0.300. The molecule has 9 nitrogen and oxygen atoms in total. The van der Waals surface area contributed by atoms with Crippen LogP contribution in [0.3, 0.4) is 0 Å². The third-order valence-corrected chi connectivity index (χ3v) is 5.15. The number of aliphatic hydroxyl groups excluding tert-OH is 4. The number of aliphatic hydroxyl groups is 4. The van der Waals surface area contributed by atoms with Gasteiger partial charge < -0.3 is 35.0 Å². The van der Waals surface area contributed by atoms with E-state index in [1.54, 1.807) is 6.08 Å². The normalized spacial score (nSPS) is 37.2. The first-order chi connectivity index (χ1) is 12.8. The number of carboxylic acids is 1. The summed E-state index contributed by atoms with van der Waals surface area (Å²) in [5, 5.41) is 47.3. The van der Waals surface area contributed by atoms with Crippen LogP contribution in [0.25, 0.3) is 0 Å². The van der Waals surface area contributed by atoms with Crippen molar-refractivity contribution in [2.75, 3.05) is 13.2 Å². The van der Waals surface area contributed by atoms with Crippen molar-refractivity contribution >= 4 is 11.8 Å². The molecule has 9 heteroatoms. The van der Waals surface area contributed by atoms with E-state index < -0.39 is 43.3 Å². The number of allylic oxidation sites excluding steroid dienone is 1. The molecule has 1 aliphatic carbocycles. The molecule has 0 spiro atoms. The number of ketones is 1. The third-order valence-electron chi connectivity index (χ3n) is 5.15. The molecule has 0 aromatic heterocycles. The first-order valence-electron chi connectivity index (χ1n) is 9.16. The summed E-state index contributed by atoms with van der Waals surface area (Å²) in [5.41, 5.74) is 0. The maximum absolute atomic E-state index is 11.9. The fourth-order valence-electron chi connectivity index (χ4n) is 3.59. The second-order valence-corrected chi connectivity index (χ2v) is 7.03. The number of hydrogen-bond donors (Lipinski definition) is 5. The molecule has 1 heterocycles. The minimum Gasteiger partial charge on any atom is -0.481 e. The van der Waals surface area contributed by atoms with Crippen molar-refractivity contribution in [2.45, 2.75) is 62.8 Å². The van der Waals surface area contributed by atoms with Crippen molar-refractivity contribution in [3.63, 3.8) is 0 Å². The van der Waals surface area contributed by atoms with E-state index >= 15 is 0 Å². The van der Waals surface area contributed by atoms with Crippen LogP contribution in [0.5, 0.6) is 0 Å². The van der Waals surface area contributed by atoms with Gasteiger partial charge in [-0.15, -0.1) is 0 Å². The summed E-state index contributed by atoms with van der Waals surface area (Å²) in [5.74, 6) is -1.17. The topological polar surface area (TPSA) is 154 Å². The van der Waals surface area contributed by atoms with E-state index in [9.17, 15) is 24.9 Å². The lowest BCUT2D eigenvalue weighted by atomic mass is 9.89. The third kappa shape index (κ3) is 5.81. The molecule has 0 unspecified atom stereocenters. The molecule has 0 radical (unpaired) electrons. The Hall–Kier alpha value is -1.36. The standard InChI is InChI=1S/C18H28O9/c19-9-13-15(23)16(24)17(25)18(27-13)26-7-3-1-2-4-11-10(8-14(21)22)5-6-12(11)20/h1-2,10-11,13,15-19,23-25H,3-9H2,(H,21,22)/b2-1-/t10-,11-,13-,15-,16+,17-,18-/m1/s1. The molecule has 5 N–H and O–H groups in total. The van der Waals surface area contributed by atoms with Gasteiger partial charge in [0.05, 0.1) is 13.2 Å². The molecular formula is C18H28O9. The van der Waals surface area contributed by atoms with Crippen molar-refractivity contribution in [3.05, 3.63) is 12.2 Å². The minimum absolute atomic E-state index is 0.00443. The molecular weight excluding hydrogens is 360 g/mol. The summed E-state index contributed by atoms with van der Waals surface area (Å²) in [6.45, 7) is -0.353. The Kier molecular flexibility index (Phi) is 8.33. The van der Waals surface area contributed by atoms with E-state index in [4.69, 9.17) is 19.7 Å². The van der Waals surface area contributed by atoms with Gasteiger partial charge in [0, 0.05) is 18.8 Å². The van der Waals surface area contributed by atoms with Crippen molar-refractivity contribution < 1.29 is 44.6 Å². The van der Waals surface area contributed by atoms with Crippen molar-refractivity contribution in [1.29, 1.82) is 0 Å². The number of rotatable bonds is 9. The molecule has 2 rings (SSSR count). The van der Waals surface area contributed by atoms with Crippen LogP contribution in [0.15, 0.2) is 12.2 Å². The molecule has 1 aliphatic heterocycles. The van der Waals surface area contributed by atoms with Crippen LogP contribution in [0, 0.1) is 11.8 Å². The Bertz CT molecular complexity index is 533. The van der Waals surface area contributed by atoms with Crippen LogP contribution in [0.1, 0.15) is 32.1 Å². The number of ether oxygens (including phenoxy) is 2. The quantitative estimate of drug-likeness (QED) is 0.252. The predicted molar refractivity (Wildman–Crippen MR) is 91.6 cm³/mol. The lowest BCUT2D eigenvalue weighted by Gasteiger charge is -2.39. The first-order valence-corrected chi connectivity index (χ1v) is 9.16. The van der Waals surface area contributed by atoms with Gasteiger partial charge in [-0.2, -0.15) is 0 Å². The average Bonchev–Trinajstić information content (AvgIpc) is 2.96. The van der Waals surface area contributed by atoms with Crippen LogP contribution in [0.4, 0.5) is 0 Å². The summed E-state index contributed by atoms with van der Waals surface area (Å²) in [6, 6.07) is 0. The van der Waals surface area contributed by atoms with Gasteiger partial charge in [-0.1, -0.05) is 12.2 Å². The second kappa shape index (κ2) is 10.3. The number of carbonyl (C=O) groups is 2. The lowest BCUT2D eigenvalue weighted by Crippen LogP contribution is -2.59. The number of hydrogen-bond acceptors (Lipinski definition) is 8. The molecule has 2 fully saturated rings. The highest BCUT2D eigenvalue weighted by Crippen LogP contribution is 2.34. The molecule has 27 heavy (non-hydrogen) atoms. The summed E-state index contributed by atoms with van der Waals surface area (Å²) in [6.07, 6.45) is -0.898. The van der Waals surface area contributed by atoms with Gasteiger partial charge in [0.2, 0.25) is 0 Å². The van der Waals surface area contributed by atoms with E-state index in [2.05, 4.69) is 0 Å². The van der Waals surface area contributed by atoms with Crippen LogP contribution >= 0.6 is 0 Å².